The van der Waals surface area contributed by atoms with Crippen molar-refractivity contribution in [1.82, 2.24) is 4.57 Å². The first kappa shape index (κ1) is 13.4. The van der Waals surface area contributed by atoms with Gasteiger partial charge >= 0.3 is 0 Å². The topological polar surface area (TPSA) is 48.1 Å². The summed E-state index contributed by atoms with van der Waals surface area (Å²) in [6, 6.07) is 3.74. The quantitative estimate of drug-likeness (QED) is 0.597. The molecule has 0 fully saturated rings. The smallest absolute Gasteiger partial charge is 0.288 e. The van der Waals surface area contributed by atoms with Crippen LogP contribution in [0.2, 0.25) is 5.02 Å². The maximum Gasteiger partial charge on any atom is 0.288 e. The Balaban J connectivity index is 2.38. The number of rotatable bonds is 2. The van der Waals surface area contributed by atoms with Crippen LogP contribution in [0.1, 0.15) is 44.0 Å². The predicted molar refractivity (Wildman–Crippen MR) is 80.6 cm³/mol. The molecule has 0 unspecified atom stereocenters. The van der Waals surface area contributed by atoms with Crippen LogP contribution in [0.3, 0.4) is 0 Å². The minimum Gasteiger partial charge on any atom is -0.342 e. The highest BCUT2D eigenvalue weighted by Crippen LogP contribution is 2.39. The average molecular weight is 293 g/mol. The van der Waals surface area contributed by atoms with Gasteiger partial charge in [0.05, 0.1) is 10.4 Å². The van der Waals surface area contributed by atoms with Crippen LogP contribution in [-0.2, 0) is 12.8 Å². The summed E-state index contributed by atoms with van der Waals surface area (Å²) in [5, 5.41) is 12.3. The maximum absolute atomic E-state index is 11.1. The van der Waals surface area contributed by atoms with Crippen LogP contribution in [0.5, 0.6) is 0 Å². The van der Waals surface area contributed by atoms with Crippen LogP contribution in [0.15, 0.2) is 12.1 Å². The van der Waals surface area contributed by atoms with Gasteiger partial charge in [0, 0.05) is 23.2 Å². The zero-order valence-corrected chi connectivity index (χ0v) is 12.4. The van der Waals surface area contributed by atoms with E-state index in [-0.39, 0.29) is 10.7 Å². The van der Waals surface area contributed by atoms with E-state index < -0.39 is 4.92 Å². The lowest BCUT2D eigenvalue weighted by atomic mass is 9.95. The van der Waals surface area contributed by atoms with Crippen molar-refractivity contribution in [2.75, 3.05) is 0 Å². The molecule has 0 atom stereocenters. The van der Waals surface area contributed by atoms with E-state index in [9.17, 15) is 10.1 Å². The van der Waals surface area contributed by atoms with Gasteiger partial charge in [-0.3, -0.25) is 10.1 Å². The van der Waals surface area contributed by atoms with Crippen molar-refractivity contribution in [2.45, 2.75) is 45.6 Å². The molecule has 20 heavy (non-hydrogen) atoms. The lowest BCUT2D eigenvalue weighted by Crippen LogP contribution is -2.10. The highest BCUT2D eigenvalue weighted by Gasteiger charge is 2.24. The van der Waals surface area contributed by atoms with Crippen molar-refractivity contribution in [2.24, 2.45) is 0 Å². The fourth-order valence-electron chi connectivity index (χ4n) is 3.31. The summed E-state index contributed by atoms with van der Waals surface area (Å²) in [6.07, 6.45) is 4.39. The maximum atomic E-state index is 11.1. The van der Waals surface area contributed by atoms with E-state index in [1.54, 1.807) is 12.1 Å². The van der Waals surface area contributed by atoms with Gasteiger partial charge in [-0.2, -0.15) is 0 Å². The van der Waals surface area contributed by atoms with Crippen molar-refractivity contribution in [3.05, 3.63) is 38.5 Å². The molecule has 106 valence electrons. The van der Waals surface area contributed by atoms with E-state index >= 15 is 0 Å². The second kappa shape index (κ2) is 4.77. The van der Waals surface area contributed by atoms with Crippen LogP contribution in [0, 0.1) is 10.1 Å². The fourth-order valence-corrected chi connectivity index (χ4v) is 3.54. The van der Waals surface area contributed by atoms with Crippen molar-refractivity contribution >= 4 is 28.2 Å². The minimum atomic E-state index is -0.399. The summed E-state index contributed by atoms with van der Waals surface area (Å²) in [7, 11) is 0. The third-order valence-electron chi connectivity index (χ3n) is 4.09. The molecular weight excluding hydrogens is 276 g/mol. The monoisotopic (exact) mass is 292 g/mol. The van der Waals surface area contributed by atoms with Crippen molar-refractivity contribution < 1.29 is 4.92 Å². The number of fused-ring (bicyclic) bond motifs is 3. The third kappa shape index (κ3) is 1.90. The Hall–Kier alpha value is -1.55. The molecule has 2 aromatic rings. The normalized spacial score (nSPS) is 14.8. The molecule has 1 aliphatic rings. The van der Waals surface area contributed by atoms with Crippen LogP contribution in [0.4, 0.5) is 5.69 Å². The number of nitro groups is 1. The summed E-state index contributed by atoms with van der Waals surface area (Å²) >= 11 is 6.08. The second-order valence-corrected chi connectivity index (χ2v) is 6.08. The van der Waals surface area contributed by atoms with Gasteiger partial charge in [-0.05, 0) is 51.2 Å². The SMILES string of the molecule is CC(C)n1c2c(c3cc([N+](=O)[O-])c(Cl)cc31)CCCC2. The molecule has 0 spiro atoms. The lowest BCUT2D eigenvalue weighted by molar-refractivity contribution is -0.384. The van der Waals surface area contributed by atoms with E-state index in [2.05, 4.69) is 18.4 Å². The predicted octanol–water partition coefficient (Wildman–Crippen LogP) is 4.66. The van der Waals surface area contributed by atoms with Gasteiger partial charge in [0.25, 0.3) is 5.69 Å². The number of nitrogens with zero attached hydrogens (tertiary/aromatic N) is 2. The third-order valence-corrected chi connectivity index (χ3v) is 4.40. The fraction of sp³-hybridized carbons (Fsp3) is 0.467. The van der Waals surface area contributed by atoms with Crippen molar-refractivity contribution in [3.8, 4) is 0 Å². The molecule has 5 heteroatoms. The largest absolute Gasteiger partial charge is 0.342 e. The molecular formula is C15H17ClN2O2. The van der Waals surface area contributed by atoms with Gasteiger partial charge in [0.1, 0.15) is 5.02 Å². The summed E-state index contributed by atoms with van der Waals surface area (Å²) in [6.45, 7) is 4.29. The van der Waals surface area contributed by atoms with Gasteiger partial charge in [-0.25, -0.2) is 0 Å². The molecule has 0 bridgehead atoms. The van der Waals surface area contributed by atoms with Crippen LogP contribution < -0.4 is 0 Å². The number of hydrogen-bond donors (Lipinski definition) is 0. The first-order chi connectivity index (χ1) is 9.50. The van der Waals surface area contributed by atoms with Crippen LogP contribution in [0.25, 0.3) is 10.9 Å². The molecule has 1 aromatic heterocycles. The molecule has 3 rings (SSSR count). The van der Waals surface area contributed by atoms with E-state index in [0.717, 1.165) is 30.2 Å². The number of halogens is 1. The number of benzene rings is 1. The molecule has 4 nitrogen and oxygen atoms in total. The Bertz CT molecular complexity index is 704. The Kier molecular flexibility index (Phi) is 3.21. The van der Waals surface area contributed by atoms with Gasteiger partial charge in [0.15, 0.2) is 0 Å². The Morgan fingerprint density at radius 3 is 2.65 bits per heavy atom. The summed E-state index contributed by atoms with van der Waals surface area (Å²) in [5.41, 5.74) is 3.65. The number of aryl methyl sites for hydroxylation is 1. The molecule has 0 amide bonds. The summed E-state index contributed by atoms with van der Waals surface area (Å²) < 4.78 is 2.29. The highest BCUT2D eigenvalue weighted by atomic mass is 35.5. The molecule has 0 aliphatic heterocycles. The summed E-state index contributed by atoms with van der Waals surface area (Å²) in [5.74, 6) is 0. The number of nitro benzene ring substituents is 1. The molecule has 1 heterocycles. The molecule has 0 N–H and O–H groups in total. The van der Waals surface area contributed by atoms with Gasteiger partial charge in [-0.15, -0.1) is 0 Å². The molecule has 0 saturated carbocycles. The zero-order chi connectivity index (χ0) is 14.4. The van der Waals surface area contributed by atoms with Crippen LogP contribution >= 0.6 is 11.6 Å². The first-order valence-electron chi connectivity index (χ1n) is 7.00. The van der Waals surface area contributed by atoms with E-state index in [0.29, 0.717) is 6.04 Å². The number of aromatic nitrogens is 1. The lowest BCUT2D eigenvalue weighted by Gasteiger charge is -2.18. The van der Waals surface area contributed by atoms with E-state index in [1.165, 1.54) is 17.7 Å². The molecule has 0 radical (unpaired) electrons. The summed E-state index contributed by atoms with van der Waals surface area (Å²) in [4.78, 5) is 10.7. The number of hydrogen-bond acceptors (Lipinski definition) is 2. The Labute approximate surface area is 122 Å². The van der Waals surface area contributed by atoms with Crippen LogP contribution in [-0.4, -0.2) is 9.49 Å². The second-order valence-electron chi connectivity index (χ2n) is 5.67. The first-order valence-corrected chi connectivity index (χ1v) is 7.38. The Morgan fingerprint density at radius 1 is 1.30 bits per heavy atom. The van der Waals surface area contributed by atoms with Crippen molar-refractivity contribution in [1.29, 1.82) is 0 Å². The van der Waals surface area contributed by atoms with Gasteiger partial charge in [0.2, 0.25) is 0 Å². The molecule has 0 saturated heterocycles. The van der Waals surface area contributed by atoms with Gasteiger partial charge < -0.3 is 4.57 Å². The minimum absolute atomic E-state index is 0.00782. The molecule has 1 aromatic carbocycles. The van der Waals surface area contributed by atoms with E-state index in [1.807, 2.05) is 0 Å². The zero-order valence-electron chi connectivity index (χ0n) is 11.6. The Morgan fingerprint density at radius 2 is 2.00 bits per heavy atom. The molecule has 1 aliphatic carbocycles. The van der Waals surface area contributed by atoms with Crippen molar-refractivity contribution in [3.63, 3.8) is 0 Å². The van der Waals surface area contributed by atoms with E-state index in [4.69, 9.17) is 11.6 Å². The standard InChI is InChI=1S/C15H17ClN2O2/c1-9(2)17-13-6-4-3-5-10(13)11-7-15(18(19)20)12(16)8-14(11)17/h7-9H,3-6H2,1-2H3. The average Bonchev–Trinajstić information content (AvgIpc) is 2.70. The highest BCUT2D eigenvalue weighted by molar-refractivity contribution is 6.33. The van der Waals surface area contributed by atoms with Gasteiger partial charge in [-0.1, -0.05) is 11.6 Å².